The van der Waals surface area contributed by atoms with Gasteiger partial charge in [-0.15, -0.1) is 0 Å². The Kier molecular flexibility index (Phi) is 9.84. The van der Waals surface area contributed by atoms with Crippen LogP contribution in [-0.2, 0) is 4.79 Å². The standard InChI is InChI=1S/C16H32N2O3/c1-6-7-8-9-18(13(4)5)16(21)17-11-14(15(19)20)10-12(2)3/h12-14H,6-11H2,1-5H3,(H,17,21)(H,19,20). The molecule has 0 aliphatic rings. The predicted molar refractivity (Wildman–Crippen MR) is 85.3 cm³/mol. The maximum Gasteiger partial charge on any atom is 0.317 e. The highest BCUT2D eigenvalue weighted by Gasteiger charge is 2.22. The quantitative estimate of drug-likeness (QED) is 0.608. The van der Waals surface area contributed by atoms with Crippen LogP contribution in [0.5, 0.6) is 0 Å². The average Bonchev–Trinajstić information content (AvgIpc) is 2.38. The first kappa shape index (κ1) is 19.7. The number of amides is 2. The maximum atomic E-state index is 12.2. The molecule has 1 atom stereocenters. The molecule has 0 rings (SSSR count). The van der Waals surface area contributed by atoms with Crippen LogP contribution in [-0.4, -0.2) is 41.1 Å². The van der Waals surface area contributed by atoms with Gasteiger partial charge < -0.3 is 15.3 Å². The monoisotopic (exact) mass is 300 g/mol. The van der Waals surface area contributed by atoms with Crippen molar-refractivity contribution >= 4 is 12.0 Å². The van der Waals surface area contributed by atoms with E-state index in [2.05, 4.69) is 12.2 Å². The van der Waals surface area contributed by atoms with Gasteiger partial charge in [0.25, 0.3) is 0 Å². The Morgan fingerprint density at radius 3 is 2.19 bits per heavy atom. The second-order valence-corrected chi connectivity index (χ2v) is 6.35. The zero-order valence-corrected chi connectivity index (χ0v) is 14.2. The molecule has 0 fully saturated rings. The topological polar surface area (TPSA) is 69.6 Å². The zero-order valence-electron chi connectivity index (χ0n) is 14.2. The molecular formula is C16H32N2O3. The molecule has 5 nitrogen and oxygen atoms in total. The van der Waals surface area contributed by atoms with Crippen LogP contribution in [0.3, 0.4) is 0 Å². The zero-order chi connectivity index (χ0) is 16.4. The van der Waals surface area contributed by atoms with E-state index in [1.807, 2.05) is 27.7 Å². The molecule has 0 aromatic rings. The third kappa shape index (κ3) is 8.58. The number of carbonyl (C=O) groups is 2. The number of nitrogens with one attached hydrogen (secondary N) is 1. The number of carboxylic acids is 1. The molecule has 0 saturated carbocycles. The van der Waals surface area contributed by atoms with E-state index in [1.165, 1.54) is 0 Å². The Balaban J connectivity index is 4.42. The van der Waals surface area contributed by atoms with E-state index in [0.717, 1.165) is 25.8 Å². The van der Waals surface area contributed by atoms with Crippen LogP contribution < -0.4 is 5.32 Å². The highest BCUT2D eigenvalue weighted by molar-refractivity contribution is 5.76. The molecule has 0 aliphatic heterocycles. The average molecular weight is 300 g/mol. The summed E-state index contributed by atoms with van der Waals surface area (Å²) in [6.45, 7) is 11.0. The molecule has 1 unspecified atom stereocenters. The maximum absolute atomic E-state index is 12.2. The fourth-order valence-corrected chi connectivity index (χ4v) is 2.28. The van der Waals surface area contributed by atoms with E-state index in [4.69, 9.17) is 0 Å². The van der Waals surface area contributed by atoms with Gasteiger partial charge in [-0.1, -0.05) is 33.6 Å². The summed E-state index contributed by atoms with van der Waals surface area (Å²) in [5.74, 6) is -1.06. The minimum atomic E-state index is -0.842. The van der Waals surface area contributed by atoms with Crippen molar-refractivity contribution in [3.8, 4) is 0 Å². The number of carboxylic acid groups (broad SMARTS) is 1. The summed E-state index contributed by atoms with van der Waals surface area (Å²) < 4.78 is 0. The molecule has 2 N–H and O–H groups in total. The first-order valence-corrected chi connectivity index (χ1v) is 8.06. The predicted octanol–water partition coefficient (Wildman–Crippen LogP) is 3.34. The number of hydrogen-bond acceptors (Lipinski definition) is 2. The Hall–Kier alpha value is -1.26. The fourth-order valence-electron chi connectivity index (χ4n) is 2.28. The van der Waals surface area contributed by atoms with Gasteiger partial charge >= 0.3 is 12.0 Å². The largest absolute Gasteiger partial charge is 0.481 e. The van der Waals surface area contributed by atoms with Crippen LogP contribution in [0.2, 0.25) is 0 Å². The lowest BCUT2D eigenvalue weighted by Crippen LogP contribution is -2.46. The summed E-state index contributed by atoms with van der Waals surface area (Å²) in [7, 11) is 0. The number of hydrogen-bond donors (Lipinski definition) is 2. The minimum absolute atomic E-state index is 0.121. The lowest BCUT2D eigenvalue weighted by Gasteiger charge is -2.28. The SMILES string of the molecule is CCCCCN(C(=O)NCC(CC(C)C)C(=O)O)C(C)C. The van der Waals surface area contributed by atoms with Crippen molar-refractivity contribution in [1.82, 2.24) is 10.2 Å². The number of urea groups is 1. The van der Waals surface area contributed by atoms with Gasteiger partial charge in [0.2, 0.25) is 0 Å². The molecule has 5 heteroatoms. The van der Waals surface area contributed by atoms with Crippen LogP contribution in [0, 0.1) is 11.8 Å². The van der Waals surface area contributed by atoms with Crippen molar-refractivity contribution in [3.05, 3.63) is 0 Å². The molecule has 0 aromatic heterocycles. The number of carbonyl (C=O) groups excluding carboxylic acids is 1. The van der Waals surface area contributed by atoms with E-state index in [1.54, 1.807) is 4.90 Å². The number of nitrogens with zero attached hydrogens (tertiary/aromatic N) is 1. The van der Waals surface area contributed by atoms with Gasteiger partial charge in [-0.05, 0) is 32.6 Å². The van der Waals surface area contributed by atoms with Crippen molar-refractivity contribution in [2.75, 3.05) is 13.1 Å². The van der Waals surface area contributed by atoms with Gasteiger partial charge in [-0.3, -0.25) is 4.79 Å². The molecular weight excluding hydrogens is 268 g/mol. The van der Waals surface area contributed by atoms with Gasteiger partial charge in [0.05, 0.1) is 5.92 Å². The summed E-state index contributed by atoms with van der Waals surface area (Å²) in [5.41, 5.74) is 0. The summed E-state index contributed by atoms with van der Waals surface area (Å²) in [5, 5.41) is 12.0. The molecule has 0 aliphatic carbocycles. The Morgan fingerprint density at radius 2 is 1.76 bits per heavy atom. The number of aliphatic carboxylic acids is 1. The van der Waals surface area contributed by atoms with Gasteiger partial charge in [-0.2, -0.15) is 0 Å². The van der Waals surface area contributed by atoms with Crippen LogP contribution >= 0.6 is 0 Å². The third-order valence-corrected chi connectivity index (χ3v) is 3.49. The van der Waals surface area contributed by atoms with Crippen molar-refractivity contribution in [2.24, 2.45) is 11.8 Å². The van der Waals surface area contributed by atoms with Crippen molar-refractivity contribution < 1.29 is 14.7 Å². The van der Waals surface area contributed by atoms with Crippen molar-refractivity contribution in [3.63, 3.8) is 0 Å². The normalized spacial score (nSPS) is 12.5. The molecule has 124 valence electrons. The summed E-state index contributed by atoms with van der Waals surface area (Å²) in [6, 6.07) is -0.0358. The van der Waals surface area contributed by atoms with E-state index >= 15 is 0 Å². The molecule has 21 heavy (non-hydrogen) atoms. The Labute approximate surface area is 129 Å². The van der Waals surface area contributed by atoms with Gasteiger partial charge in [0.1, 0.15) is 0 Å². The smallest absolute Gasteiger partial charge is 0.317 e. The van der Waals surface area contributed by atoms with Crippen molar-refractivity contribution in [2.45, 2.75) is 66.3 Å². The number of unbranched alkanes of at least 4 members (excludes halogenated alkanes) is 2. The molecule has 0 radical (unpaired) electrons. The highest BCUT2D eigenvalue weighted by atomic mass is 16.4. The van der Waals surface area contributed by atoms with Gasteiger partial charge in [0, 0.05) is 19.1 Å². The Bertz CT molecular complexity index is 317. The molecule has 0 heterocycles. The Morgan fingerprint density at radius 1 is 1.14 bits per heavy atom. The molecule has 0 spiro atoms. The van der Waals surface area contributed by atoms with Gasteiger partial charge in [0.15, 0.2) is 0 Å². The summed E-state index contributed by atoms with van der Waals surface area (Å²) in [4.78, 5) is 25.2. The summed E-state index contributed by atoms with van der Waals surface area (Å²) in [6.07, 6.45) is 3.77. The van der Waals surface area contributed by atoms with Gasteiger partial charge in [-0.25, -0.2) is 4.79 Å². The second-order valence-electron chi connectivity index (χ2n) is 6.35. The van der Waals surface area contributed by atoms with Crippen LogP contribution in [0.4, 0.5) is 4.79 Å². The first-order chi connectivity index (χ1) is 9.79. The molecule has 0 bridgehead atoms. The van der Waals surface area contributed by atoms with E-state index in [9.17, 15) is 14.7 Å². The molecule has 0 aromatic carbocycles. The van der Waals surface area contributed by atoms with Crippen LogP contribution in [0.25, 0.3) is 0 Å². The first-order valence-electron chi connectivity index (χ1n) is 8.06. The lowest BCUT2D eigenvalue weighted by molar-refractivity contribution is -0.142. The lowest BCUT2D eigenvalue weighted by atomic mass is 9.97. The third-order valence-electron chi connectivity index (χ3n) is 3.49. The van der Waals surface area contributed by atoms with E-state index < -0.39 is 11.9 Å². The number of rotatable bonds is 10. The highest BCUT2D eigenvalue weighted by Crippen LogP contribution is 2.11. The van der Waals surface area contributed by atoms with Crippen molar-refractivity contribution in [1.29, 1.82) is 0 Å². The van der Waals surface area contributed by atoms with E-state index in [-0.39, 0.29) is 18.6 Å². The van der Waals surface area contributed by atoms with E-state index in [0.29, 0.717) is 12.3 Å². The molecule has 2 amide bonds. The molecule has 0 saturated heterocycles. The van der Waals surface area contributed by atoms with Crippen LogP contribution in [0.1, 0.15) is 60.3 Å². The fraction of sp³-hybridized carbons (Fsp3) is 0.875. The summed E-state index contributed by atoms with van der Waals surface area (Å²) >= 11 is 0. The minimum Gasteiger partial charge on any atom is -0.481 e. The van der Waals surface area contributed by atoms with Crippen LogP contribution in [0.15, 0.2) is 0 Å². The second kappa shape index (κ2) is 10.5.